The van der Waals surface area contributed by atoms with Crippen LogP contribution in [-0.2, 0) is 0 Å². The van der Waals surface area contributed by atoms with Crippen LogP contribution in [0.5, 0.6) is 0 Å². The van der Waals surface area contributed by atoms with E-state index in [0.29, 0.717) is 12.2 Å². The van der Waals surface area contributed by atoms with Crippen LogP contribution in [0.15, 0.2) is 67.1 Å². The number of likely N-dealkylation sites (N-methyl/N-ethyl adjacent to an activating group) is 2. The third-order valence-corrected chi connectivity index (χ3v) is 7.06. The van der Waals surface area contributed by atoms with Crippen LogP contribution in [0.1, 0.15) is 28.4 Å². The van der Waals surface area contributed by atoms with Crippen LogP contribution < -0.4 is 9.80 Å². The summed E-state index contributed by atoms with van der Waals surface area (Å²) in [5.74, 6) is 0.0707. The number of rotatable bonds is 7. The zero-order valence-corrected chi connectivity index (χ0v) is 20.3. The van der Waals surface area contributed by atoms with E-state index in [-0.39, 0.29) is 24.1 Å². The Morgan fingerprint density at radius 1 is 1.19 bits per heavy atom. The normalized spacial score (nSPS) is 16.3. The minimum absolute atomic E-state index is 0.0875. The molecular weight excluding hydrogens is 459 g/mol. The Bertz CT molecular complexity index is 1360. The van der Waals surface area contributed by atoms with E-state index in [2.05, 4.69) is 19.9 Å². The Hall–Kier alpha value is -3.98. The van der Waals surface area contributed by atoms with Crippen molar-refractivity contribution in [1.29, 1.82) is 0 Å². The SMILES string of the molecule is CN(C(=O)c1ccc(N(C)[C@@H]2CCN(c3ncnc4[nH]ccc34)C2)c(F)c1)[C@@H](CO)c1ccccc1. The predicted molar refractivity (Wildman–Crippen MR) is 138 cm³/mol. The first-order valence-corrected chi connectivity index (χ1v) is 12.0. The number of carbonyl (C=O) groups is 1. The fourth-order valence-electron chi connectivity index (χ4n) is 4.96. The lowest BCUT2D eigenvalue weighted by Gasteiger charge is -2.29. The molecule has 1 fully saturated rings. The van der Waals surface area contributed by atoms with Gasteiger partial charge in [0.05, 0.1) is 23.7 Å². The van der Waals surface area contributed by atoms with Crippen LogP contribution in [0.25, 0.3) is 11.0 Å². The number of anilines is 2. The summed E-state index contributed by atoms with van der Waals surface area (Å²) < 4.78 is 15.3. The monoisotopic (exact) mass is 488 g/mol. The van der Waals surface area contributed by atoms with Gasteiger partial charge in [-0.15, -0.1) is 0 Å². The second-order valence-corrected chi connectivity index (χ2v) is 9.13. The summed E-state index contributed by atoms with van der Waals surface area (Å²) in [5, 5.41) is 10.9. The van der Waals surface area contributed by atoms with E-state index in [4.69, 9.17) is 0 Å². The van der Waals surface area contributed by atoms with Gasteiger partial charge < -0.3 is 24.8 Å². The highest BCUT2D eigenvalue weighted by molar-refractivity contribution is 5.94. The van der Waals surface area contributed by atoms with E-state index in [9.17, 15) is 9.90 Å². The first kappa shape index (κ1) is 23.7. The molecule has 5 rings (SSSR count). The van der Waals surface area contributed by atoms with Gasteiger partial charge in [0.2, 0.25) is 0 Å². The van der Waals surface area contributed by atoms with E-state index in [1.807, 2.05) is 54.5 Å². The van der Waals surface area contributed by atoms with Gasteiger partial charge in [-0.2, -0.15) is 0 Å². The molecule has 0 aliphatic carbocycles. The van der Waals surface area contributed by atoms with Gasteiger partial charge >= 0.3 is 0 Å². The van der Waals surface area contributed by atoms with Gasteiger partial charge in [-0.25, -0.2) is 14.4 Å². The zero-order chi connectivity index (χ0) is 25.2. The highest BCUT2D eigenvalue weighted by Gasteiger charge is 2.30. The number of aromatic amines is 1. The molecule has 3 heterocycles. The van der Waals surface area contributed by atoms with Crippen LogP contribution in [-0.4, -0.2) is 70.7 Å². The molecule has 2 aromatic carbocycles. The molecule has 1 aliphatic rings. The van der Waals surface area contributed by atoms with Gasteiger partial charge in [0.25, 0.3) is 5.91 Å². The smallest absolute Gasteiger partial charge is 0.254 e. The third-order valence-electron chi connectivity index (χ3n) is 7.06. The number of benzene rings is 2. The molecule has 36 heavy (non-hydrogen) atoms. The number of amides is 1. The van der Waals surface area contributed by atoms with Crippen molar-refractivity contribution >= 4 is 28.4 Å². The summed E-state index contributed by atoms with van der Waals surface area (Å²) in [5.41, 5.74) is 2.30. The number of hydrogen-bond donors (Lipinski definition) is 2. The topological polar surface area (TPSA) is 88.6 Å². The van der Waals surface area contributed by atoms with Crippen LogP contribution in [0.4, 0.5) is 15.9 Å². The molecule has 2 N–H and O–H groups in total. The first-order chi connectivity index (χ1) is 17.5. The molecule has 186 valence electrons. The fourth-order valence-corrected chi connectivity index (χ4v) is 4.96. The number of hydrogen-bond acceptors (Lipinski definition) is 6. The molecule has 1 amide bonds. The van der Waals surface area contributed by atoms with Crippen molar-refractivity contribution < 1.29 is 14.3 Å². The predicted octanol–water partition coefficient (Wildman–Crippen LogP) is 3.62. The lowest BCUT2D eigenvalue weighted by Crippen LogP contribution is -2.35. The second-order valence-electron chi connectivity index (χ2n) is 9.13. The van der Waals surface area contributed by atoms with Crippen molar-refractivity contribution in [3.05, 3.63) is 84.1 Å². The van der Waals surface area contributed by atoms with Crippen molar-refractivity contribution in [2.24, 2.45) is 0 Å². The van der Waals surface area contributed by atoms with E-state index in [1.54, 1.807) is 25.5 Å². The van der Waals surface area contributed by atoms with Gasteiger partial charge in [-0.3, -0.25) is 4.79 Å². The number of halogens is 1. The molecular formula is C27H29FN6O2. The Balaban J connectivity index is 1.30. The van der Waals surface area contributed by atoms with Gasteiger partial charge in [-0.1, -0.05) is 30.3 Å². The zero-order valence-electron chi connectivity index (χ0n) is 20.3. The van der Waals surface area contributed by atoms with E-state index in [1.165, 1.54) is 11.0 Å². The summed E-state index contributed by atoms with van der Waals surface area (Å²) in [6.45, 7) is 1.28. The summed E-state index contributed by atoms with van der Waals surface area (Å²) in [7, 11) is 3.50. The van der Waals surface area contributed by atoms with Crippen LogP contribution in [0.3, 0.4) is 0 Å². The third kappa shape index (κ3) is 4.37. The molecule has 0 unspecified atom stereocenters. The number of aliphatic hydroxyl groups excluding tert-OH is 1. The highest BCUT2D eigenvalue weighted by Crippen LogP contribution is 2.30. The lowest BCUT2D eigenvalue weighted by molar-refractivity contribution is 0.0658. The minimum Gasteiger partial charge on any atom is -0.394 e. The van der Waals surface area contributed by atoms with Gasteiger partial charge in [0.15, 0.2) is 0 Å². The molecule has 0 radical (unpaired) electrons. The summed E-state index contributed by atoms with van der Waals surface area (Å²) in [4.78, 5) is 30.5. The standard InChI is InChI=1S/C27H29FN6O2/c1-32(20-11-13-34(15-20)26-21-10-12-29-25(21)30-17-31-26)23-9-8-19(14-22(23)28)27(36)33(2)24(16-35)18-6-4-3-5-7-18/h3-10,12,14,17,20,24,35H,11,13,15-16H2,1-2H3,(H,29,30,31)/t20-,24+/m1/s1. The number of aromatic nitrogens is 3. The van der Waals surface area contributed by atoms with Crippen LogP contribution in [0, 0.1) is 5.82 Å². The maximum absolute atomic E-state index is 15.3. The average molecular weight is 489 g/mol. The van der Waals surface area contributed by atoms with E-state index < -0.39 is 11.9 Å². The minimum atomic E-state index is -0.512. The number of carbonyl (C=O) groups excluding carboxylic acids is 1. The van der Waals surface area contributed by atoms with Crippen molar-refractivity contribution in [2.45, 2.75) is 18.5 Å². The number of H-pyrrole nitrogens is 1. The number of aliphatic hydroxyl groups is 1. The maximum atomic E-state index is 15.3. The molecule has 9 heteroatoms. The summed E-state index contributed by atoms with van der Waals surface area (Å²) >= 11 is 0. The molecule has 8 nitrogen and oxygen atoms in total. The largest absolute Gasteiger partial charge is 0.394 e. The van der Waals surface area contributed by atoms with Gasteiger partial charge in [0, 0.05) is 45.0 Å². The molecule has 1 saturated heterocycles. The lowest BCUT2D eigenvalue weighted by atomic mass is 10.0. The molecule has 0 saturated carbocycles. The van der Waals surface area contributed by atoms with E-state index >= 15 is 4.39 Å². The average Bonchev–Trinajstić information content (AvgIpc) is 3.59. The quantitative estimate of drug-likeness (QED) is 0.413. The highest BCUT2D eigenvalue weighted by atomic mass is 19.1. The molecule has 2 atom stereocenters. The Morgan fingerprint density at radius 3 is 2.75 bits per heavy atom. The number of nitrogens with one attached hydrogen (secondary N) is 1. The molecule has 2 aromatic heterocycles. The van der Waals surface area contributed by atoms with Crippen LogP contribution in [0.2, 0.25) is 0 Å². The maximum Gasteiger partial charge on any atom is 0.254 e. The Kier molecular flexibility index (Phi) is 6.56. The molecule has 1 aliphatic heterocycles. The fraction of sp³-hybridized carbons (Fsp3) is 0.296. The van der Waals surface area contributed by atoms with Crippen molar-refractivity contribution in [2.75, 3.05) is 43.6 Å². The Labute approximate surface area is 209 Å². The Morgan fingerprint density at radius 2 is 2.00 bits per heavy atom. The van der Waals surface area contributed by atoms with Gasteiger partial charge in [-0.05, 0) is 36.2 Å². The summed E-state index contributed by atoms with van der Waals surface area (Å²) in [6, 6.07) is 15.4. The van der Waals surface area contributed by atoms with Crippen molar-refractivity contribution in [1.82, 2.24) is 19.9 Å². The van der Waals surface area contributed by atoms with Gasteiger partial charge in [0.1, 0.15) is 23.6 Å². The molecule has 0 spiro atoms. The number of nitrogens with zero attached hydrogens (tertiary/aromatic N) is 5. The van der Waals surface area contributed by atoms with Crippen molar-refractivity contribution in [3.63, 3.8) is 0 Å². The second kappa shape index (κ2) is 9.94. The van der Waals surface area contributed by atoms with E-state index in [0.717, 1.165) is 35.4 Å². The van der Waals surface area contributed by atoms with Crippen LogP contribution >= 0.6 is 0 Å². The molecule has 4 aromatic rings. The van der Waals surface area contributed by atoms with Crippen molar-refractivity contribution in [3.8, 4) is 0 Å². The number of fused-ring (bicyclic) bond motifs is 1. The molecule has 0 bridgehead atoms. The first-order valence-electron chi connectivity index (χ1n) is 12.0. The summed E-state index contributed by atoms with van der Waals surface area (Å²) in [6.07, 6.45) is 4.25.